The Balaban J connectivity index is 1.23. The summed E-state index contributed by atoms with van der Waals surface area (Å²) in [6.07, 6.45) is 5.54. The average Bonchev–Trinajstić information content (AvgIpc) is 3.50. The fourth-order valence-electron chi connectivity index (χ4n) is 5.33. The largest absolute Gasteiger partial charge is 0.370 e. The molecule has 1 aromatic heterocycles. The van der Waals surface area contributed by atoms with Crippen molar-refractivity contribution in [2.75, 3.05) is 29.9 Å². The van der Waals surface area contributed by atoms with Crippen LogP contribution in [0.25, 0.3) is 11.1 Å². The zero-order chi connectivity index (χ0) is 23.7. The van der Waals surface area contributed by atoms with E-state index >= 15 is 0 Å². The maximum atomic E-state index is 12.8. The number of likely N-dealkylation sites (tertiary alicyclic amines) is 1. The van der Waals surface area contributed by atoms with Crippen molar-refractivity contribution < 1.29 is 4.79 Å². The number of rotatable bonds is 5. The van der Waals surface area contributed by atoms with Crippen LogP contribution in [0.3, 0.4) is 0 Å². The van der Waals surface area contributed by atoms with E-state index < -0.39 is 0 Å². The second-order valence-corrected chi connectivity index (χ2v) is 9.59. The van der Waals surface area contributed by atoms with Gasteiger partial charge in [-0.2, -0.15) is 0 Å². The van der Waals surface area contributed by atoms with Crippen molar-refractivity contribution in [1.29, 1.82) is 0 Å². The molecule has 2 saturated heterocycles. The molecule has 2 fully saturated rings. The van der Waals surface area contributed by atoms with Gasteiger partial charge in [0.2, 0.25) is 5.56 Å². The van der Waals surface area contributed by atoms with Crippen LogP contribution in [0, 0.1) is 6.92 Å². The smallest absolute Gasteiger partial charge is 0.255 e. The Bertz CT molecular complexity index is 1210. The molecule has 2 atom stereocenters. The van der Waals surface area contributed by atoms with Crippen LogP contribution in [-0.4, -0.2) is 47.5 Å². The fourth-order valence-corrected chi connectivity index (χ4v) is 5.33. The Hall–Kier alpha value is -3.38. The molecule has 0 bridgehead atoms. The summed E-state index contributed by atoms with van der Waals surface area (Å²) >= 11 is 0. The van der Waals surface area contributed by atoms with Gasteiger partial charge >= 0.3 is 0 Å². The van der Waals surface area contributed by atoms with Crippen molar-refractivity contribution in [3.05, 3.63) is 82.3 Å². The third-order valence-electron chi connectivity index (χ3n) is 7.32. The number of carbonyl (C=O) groups excluding carboxylic acids is 1. The summed E-state index contributed by atoms with van der Waals surface area (Å²) in [5.74, 6) is -0.131. The van der Waals surface area contributed by atoms with Gasteiger partial charge in [0.05, 0.1) is 0 Å². The monoisotopic (exact) mass is 456 g/mol. The highest BCUT2D eigenvalue weighted by Gasteiger charge is 2.33. The maximum Gasteiger partial charge on any atom is 0.255 e. The van der Waals surface area contributed by atoms with Gasteiger partial charge in [-0.1, -0.05) is 12.1 Å². The molecule has 176 valence electrons. The Kier molecular flexibility index (Phi) is 6.24. The zero-order valence-corrected chi connectivity index (χ0v) is 19.9. The minimum Gasteiger partial charge on any atom is -0.370 e. The maximum absolute atomic E-state index is 12.8. The molecule has 6 heteroatoms. The highest BCUT2D eigenvalue weighted by Crippen LogP contribution is 2.30. The van der Waals surface area contributed by atoms with E-state index in [-0.39, 0.29) is 11.5 Å². The quantitative estimate of drug-likeness (QED) is 0.586. The Morgan fingerprint density at radius 2 is 1.79 bits per heavy atom. The molecule has 5 rings (SSSR count). The number of H-pyrrole nitrogens is 1. The lowest BCUT2D eigenvalue weighted by molar-refractivity contribution is 0.102. The van der Waals surface area contributed by atoms with E-state index in [1.54, 1.807) is 12.3 Å². The SMILES string of the molecule is Cc1cc(N2CCC(N3CCCC3C)C2)ccc1NC(=O)c1ccc(-c2ccc(=O)[nH]c2)cc1. The second kappa shape index (κ2) is 9.47. The van der Waals surface area contributed by atoms with E-state index in [2.05, 4.69) is 46.1 Å². The van der Waals surface area contributed by atoms with Gasteiger partial charge < -0.3 is 15.2 Å². The summed E-state index contributed by atoms with van der Waals surface area (Å²) in [7, 11) is 0. The number of anilines is 2. The van der Waals surface area contributed by atoms with E-state index in [0.29, 0.717) is 17.6 Å². The van der Waals surface area contributed by atoms with E-state index in [9.17, 15) is 9.59 Å². The van der Waals surface area contributed by atoms with Crippen LogP contribution in [0.15, 0.2) is 65.6 Å². The van der Waals surface area contributed by atoms with Crippen LogP contribution >= 0.6 is 0 Å². The van der Waals surface area contributed by atoms with Crippen molar-refractivity contribution in [1.82, 2.24) is 9.88 Å². The molecule has 0 saturated carbocycles. The van der Waals surface area contributed by atoms with E-state index in [1.807, 2.05) is 30.3 Å². The predicted molar refractivity (Wildman–Crippen MR) is 138 cm³/mol. The minimum absolute atomic E-state index is 0.131. The molecule has 2 aliphatic heterocycles. The molecule has 0 spiro atoms. The number of hydrogen-bond acceptors (Lipinski definition) is 4. The first-order valence-electron chi connectivity index (χ1n) is 12.2. The molecule has 34 heavy (non-hydrogen) atoms. The first-order chi connectivity index (χ1) is 16.5. The van der Waals surface area contributed by atoms with Gasteiger partial charge in [0.15, 0.2) is 0 Å². The number of aryl methyl sites for hydroxylation is 1. The number of pyridine rings is 1. The molecular weight excluding hydrogens is 424 g/mol. The highest BCUT2D eigenvalue weighted by molar-refractivity contribution is 6.05. The molecule has 1 amide bonds. The molecule has 6 nitrogen and oxygen atoms in total. The second-order valence-electron chi connectivity index (χ2n) is 9.59. The molecule has 2 aromatic carbocycles. The molecule has 0 aliphatic carbocycles. The fraction of sp³-hybridized carbons (Fsp3) is 0.357. The summed E-state index contributed by atoms with van der Waals surface area (Å²) in [5, 5.41) is 3.06. The molecule has 2 N–H and O–H groups in total. The Morgan fingerprint density at radius 3 is 2.47 bits per heavy atom. The van der Waals surface area contributed by atoms with Crippen molar-refractivity contribution in [2.24, 2.45) is 0 Å². The van der Waals surface area contributed by atoms with Gasteiger partial charge in [-0.3, -0.25) is 14.5 Å². The summed E-state index contributed by atoms with van der Waals surface area (Å²) in [6, 6.07) is 18.3. The van der Waals surface area contributed by atoms with E-state index in [0.717, 1.165) is 35.5 Å². The Labute approximate surface area is 200 Å². The molecule has 2 unspecified atom stereocenters. The van der Waals surface area contributed by atoms with Crippen LogP contribution in [0.1, 0.15) is 42.1 Å². The van der Waals surface area contributed by atoms with Crippen molar-refractivity contribution in [3.8, 4) is 11.1 Å². The summed E-state index contributed by atoms with van der Waals surface area (Å²) < 4.78 is 0. The number of hydrogen-bond donors (Lipinski definition) is 2. The number of nitrogens with zero attached hydrogens (tertiary/aromatic N) is 2. The van der Waals surface area contributed by atoms with Gasteiger partial charge in [-0.15, -0.1) is 0 Å². The van der Waals surface area contributed by atoms with Crippen molar-refractivity contribution in [3.63, 3.8) is 0 Å². The third kappa shape index (κ3) is 4.64. The van der Waals surface area contributed by atoms with Gasteiger partial charge in [0, 0.05) is 54.4 Å². The summed E-state index contributed by atoms with van der Waals surface area (Å²) in [4.78, 5) is 31.9. The number of aromatic nitrogens is 1. The highest BCUT2D eigenvalue weighted by atomic mass is 16.1. The van der Waals surface area contributed by atoms with Crippen LogP contribution in [0.2, 0.25) is 0 Å². The van der Waals surface area contributed by atoms with Gasteiger partial charge in [0.25, 0.3) is 5.91 Å². The van der Waals surface area contributed by atoms with Crippen LogP contribution in [0.5, 0.6) is 0 Å². The van der Waals surface area contributed by atoms with Gasteiger partial charge in [-0.05, 0) is 92.7 Å². The average molecular weight is 457 g/mol. The first-order valence-corrected chi connectivity index (χ1v) is 12.2. The predicted octanol–water partition coefficient (Wildman–Crippen LogP) is 4.67. The Morgan fingerprint density at radius 1 is 1.00 bits per heavy atom. The topological polar surface area (TPSA) is 68.4 Å². The lowest BCUT2D eigenvalue weighted by Crippen LogP contribution is -2.39. The van der Waals surface area contributed by atoms with Gasteiger partial charge in [-0.25, -0.2) is 0 Å². The standard InChI is InChI=1S/C28H32N4O2/c1-19-16-24(31-15-13-25(18-31)32-14-3-4-20(32)2)10-11-26(19)30-28(34)22-7-5-21(6-8-22)23-9-12-27(33)29-17-23/h5-12,16-17,20,25H,3-4,13-15,18H2,1-2H3,(H,29,33)(H,30,34). The molecule has 3 aromatic rings. The number of carbonyl (C=O) groups is 1. The van der Waals surface area contributed by atoms with Crippen LogP contribution < -0.4 is 15.8 Å². The lowest BCUT2D eigenvalue weighted by atomic mass is 10.1. The van der Waals surface area contributed by atoms with E-state index in [4.69, 9.17) is 0 Å². The van der Waals surface area contributed by atoms with Crippen LogP contribution in [-0.2, 0) is 0 Å². The summed E-state index contributed by atoms with van der Waals surface area (Å²) in [5.41, 5.74) is 5.44. The lowest BCUT2D eigenvalue weighted by Gasteiger charge is -2.28. The third-order valence-corrected chi connectivity index (χ3v) is 7.32. The normalized spacial score (nSPS) is 20.6. The zero-order valence-electron chi connectivity index (χ0n) is 19.9. The molecular formula is C28H32N4O2. The number of nitrogens with one attached hydrogen (secondary N) is 2. The minimum atomic E-state index is -0.133. The van der Waals surface area contributed by atoms with Crippen molar-refractivity contribution >= 4 is 17.3 Å². The van der Waals surface area contributed by atoms with Crippen molar-refractivity contribution in [2.45, 2.75) is 45.2 Å². The number of aromatic amines is 1. The number of amides is 1. The molecule has 3 heterocycles. The van der Waals surface area contributed by atoms with E-state index in [1.165, 1.54) is 37.6 Å². The summed E-state index contributed by atoms with van der Waals surface area (Å²) in [6.45, 7) is 7.80. The van der Waals surface area contributed by atoms with Crippen LogP contribution in [0.4, 0.5) is 11.4 Å². The number of benzene rings is 2. The first kappa shape index (κ1) is 22.4. The molecule has 0 radical (unpaired) electrons. The van der Waals surface area contributed by atoms with Gasteiger partial charge in [0.1, 0.15) is 0 Å². The molecule has 2 aliphatic rings.